The monoisotopic (exact) mass is 298 g/mol. The molecular weight excluding hydrogens is 272 g/mol. The molecule has 0 unspecified atom stereocenters. The van der Waals surface area contributed by atoms with Gasteiger partial charge >= 0.3 is 0 Å². The van der Waals surface area contributed by atoms with E-state index in [1.807, 2.05) is 0 Å². The molecule has 22 heavy (non-hydrogen) atoms. The molecule has 4 rings (SSSR count). The van der Waals surface area contributed by atoms with E-state index in [2.05, 4.69) is 41.4 Å². The smallest absolute Gasteiger partial charge is 0.223 e. The largest absolute Gasteiger partial charge is 0.356 e. The van der Waals surface area contributed by atoms with Crippen LogP contribution < -0.4 is 5.32 Å². The zero-order valence-electron chi connectivity index (χ0n) is 13.4. The molecule has 118 valence electrons. The van der Waals surface area contributed by atoms with Crippen molar-refractivity contribution in [2.24, 2.45) is 11.8 Å². The number of carbonyl (C=O) groups excluding carboxylic acids is 1. The third kappa shape index (κ3) is 2.91. The molecule has 1 saturated heterocycles. The second-order valence-electron chi connectivity index (χ2n) is 7.43. The molecule has 1 heterocycles. The second-order valence-corrected chi connectivity index (χ2v) is 7.43. The molecule has 3 atom stereocenters. The lowest BCUT2D eigenvalue weighted by atomic mass is 10.0. The van der Waals surface area contributed by atoms with Crippen LogP contribution in [-0.2, 0) is 4.79 Å². The molecule has 1 aliphatic heterocycles. The van der Waals surface area contributed by atoms with E-state index in [4.69, 9.17) is 0 Å². The highest BCUT2D eigenvalue weighted by Gasteiger charge is 2.44. The number of amides is 1. The maximum atomic E-state index is 12.4. The molecule has 3 nitrogen and oxygen atoms in total. The van der Waals surface area contributed by atoms with Crippen molar-refractivity contribution in [1.82, 2.24) is 10.2 Å². The summed E-state index contributed by atoms with van der Waals surface area (Å²) in [6.07, 6.45) is 5.05. The third-order valence-corrected chi connectivity index (χ3v) is 5.66. The Hall–Kier alpha value is -1.35. The number of hydrogen-bond acceptors (Lipinski definition) is 2. The van der Waals surface area contributed by atoms with Gasteiger partial charge in [0.15, 0.2) is 0 Å². The fourth-order valence-corrected chi connectivity index (χ4v) is 4.01. The van der Waals surface area contributed by atoms with Gasteiger partial charge in [0.25, 0.3) is 0 Å². The Balaban J connectivity index is 1.25. The van der Waals surface area contributed by atoms with Gasteiger partial charge in [0.05, 0.1) is 0 Å². The summed E-state index contributed by atoms with van der Waals surface area (Å²) in [6, 6.07) is 9.35. The zero-order valence-corrected chi connectivity index (χ0v) is 13.4. The van der Waals surface area contributed by atoms with Crippen molar-refractivity contribution in [2.75, 3.05) is 19.6 Å². The van der Waals surface area contributed by atoms with Crippen LogP contribution in [0, 0.1) is 18.8 Å². The molecule has 2 aliphatic carbocycles. The predicted molar refractivity (Wildman–Crippen MR) is 87.7 cm³/mol. The molecular formula is C19H26N2O. The summed E-state index contributed by atoms with van der Waals surface area (Å²) in [4.78, 5) is 15.0. The lowest BCUT2D eigenvalue weighted by Gasteiger charge is -2.15. The highest BCUT2D eigenvalue weighted by atomic mass is 16.2. The lowest BCUT2D eigenvalue weighted by molar-refractivity contribution is -0.122. The van der Waals surface area contributed by atoms with Crippen molar-refractivity contribution in [3.63, 3.8) is 0 Å². The number of benzene rings is 1. The van der Waals surface area contributed by atoms with Gasteiger partial charge in [0.1, 0.15) is 0 Å². The number of hydrogen-bond donors (Lipinski definition) is 1. The molecule has 1 amide bonds. The first kappa shape index (κ1) is 14.3. The van der Waals surface area contributed by atoms with Crippen LogP contribution in [0.15, 0.2) is 24.3 Å². The topological polar surface area (TPSA) is 32.3 Å². The van der Waals surface area contributed by atoms with E-state index >= 15 is 0 Å². The number of carbonyl (C=O) groups is 1. The molecule has 1 aromatic rings. The van der Waals surface area contributed by atoms with Crippen LogP contribution in [0.5, 0.6) is 0 Å². The van der Waals surface area contributed by atoms with E-state index in [1.165, 1.54) is 43.5 Å². The molecule has 2 saturated carbocycles. The summed E-state index contributed by atoms with van der Waals surface area (Å²) in [5.74, 6) is 1.60. The number of aryl methyl sites for hydroxylation is 1. The lowest BCUT2D eigenvalue weighted by Crippen LogP contribution is -2.32. The van der Waals surface area contributed by atoms with Crippen LogP contribution in [0.25, 0.3) is 0 Å². The van der Waals surface area contributed by atoms with Crippen LogP contribution >= 0.6 is 0 Å². The van der Waals surface area contributed by atoms with Gasteiger partial charge in [-0.2, -0.15) is 0 Å². The van der Waals surface area contributed by atoms with Crippen molar-refractivity contribution in [3.8, 4) is 0 Å². The Labute approximate surface area is 133 Å². The van der Waals surface area contributed by atoms with Crippen molar-refractivity contribution in [3.05, 3.63) is 35.4 Å². The highest BCUT2D eigenvalue weighted by Crippen LogP contribution is 2.48. The van der Waals surface area contributed by atoms with Gasteiger partial charge in [-0.05, 0) is 62.1 Å². The standard InChI is InChI=1S/C19H26N2O/c1-13-4-2-3-5-16(13)17-10-18(17)19(22)20-11-14-8-9-21(12-14)15-6-7-15/h2-5,14-15,17-18H,6-12H2,1H3,(H,20,22)/t14-,17+,18-/m1/s1. The van der Waals surface area contributed by atoms with Gasteiger partial charge in [-0.3, -0.25) is 4.79 Å². The molecule has 0 radical (unpaired) electrons. The molecule has 1 aromatic carbocycles. The van der Waals surface area contributed by atoms with Gasteiger partial charge in [-0.25, -0.2) is 0 Å². The van der Waals surface area contributed by atoms with Crippen LogP contribution in [0.3, 0.4) is 0 Å². The first-order valence-electron chi connectivity index (χ1n) is 8.79. The summed E-state index contributed by atoms with van der Waals surface area (Å²) >= 11 is 0. The Kier molecular flexibility index (Phi) is 3.69. The highest BCUT2D eigenvalue weighted by molar-refractivity contribution is 5.83. The van der Waals surface area contributed by atoms with Crippen molar-refractivity contribution in [2.45, 2.75) is 44.6 Å². The molecule has 3 heteroatoms. The van der Waals surface area contributed by atoms with Gasteiger partial charge in [-0.15, -0.1) is 0 Å². The fraction of sp³-hybridized carbons (Fsp3) is 0.632. The molecule has 1 N–H and O–H groups in total. The Morgan fingerprint density at radius 3 is 2.86 bits per heavy atom. The molecule has 3 aliphatic rings. The van der Waals surface area contributed by atoms with E-state index in [0.717, 1.165) is 19.0 Å². The first-order valence-corrected chi connectivity index (χ1v) is 8.79. The van der Waals surface area contributed by atoms with Gasteiger partial charge < -0.3 is 10.2 Å². The number of rotatable bonds is 5. The minimum Gasteiger partial charge on any atom is -0.356 e. The maximum Gasteiger partial charge on any atom is 0.223 e. The predicted octanol–water partition coefficient (Wildman–Crippen LogP) is 2.70. The minimum atomic E-state index is 0.210. The average Bonchev–Trinajstić information content (AvgIpc) is 3.44. The molecule has 3 fully saturated rings. The van der Waals surface area contributed by atoms with Crippen LogP contribution in [-0.4, -0.2) is 36.5 Å². The molecule has 0 spiro atoms. The Morgan fingerprint density at radius 2 is 2.09 bits per heavy atom. The van der Waals surface area contributed by atoms with E-state index in [-0.39, 0.29) is 11.8 Å². The average molecular weight is 298 g/mol. The summed E-state index contributed by atoms with van der Waals surface area (Å²) in [6.45, 7) is 5.45. The van der Waals surface area contributed by atoms with E-state index in [0.29, 0.717) is 11.8 Å². The summed E-state index contributed by atoms with van der Waals surface area (Å²) < 4.78 is 0. The number of likely N-dealkylation sites (tertiary alicyclic amines) is 1. The second kappa shape index (κ2) is 5.69. The first-order chi connectivity index (χ1) is 10.7. The number of nitrogens with zero attached hydrogens (tertiary/aromatic N) is 1. The quantitative estimate of drug-likeness (QED) is 0.906. The minimum absolute atomic E-state index is 0.210. The summed E-state index contributed by atoms with van der Waals surface area (Å²) in [5, 5.41) is 3.22. The normalized spacial score (nSPS) is 31.2. The summed E-state index contributed by atoms with van der Waals surface area (Å²) in [7, 11) is 0. The van der Waals surface area contributed by atoms with E-state index in [9.17, 15) is 4.79 Å². The molecule has 0 bridgehead atoms. The number of nitrogens with one attached hydrogen (secondary N) is 1. The van der Waals surface area contributed by atoms with Gasteiger partial charge in [0, 0.05) is 25.0 Å². The van der Waals surface area contributed by atoms with Crippen LogP contribution in [0.2, 0.25) is 0 Å². The fourth-order valence-electron chi connectivity index (χ4n) is 4.01. The van der Waals surface area contributed by atoms with E-state index in [1.54, 1.807) is 0 Å². The van der Waals surface area contributed by atoms with Gasteiger partial charge in [-0.1, -0.05) is 24.3 Å². The Bertz CT molecular complexity index is 566. The zero-order chi connectivity index (χ0) is 15.1. The van der Waals surface area contributed by atoms with Crippen molar-refractivity contribution < 1.29 is 4.79 Å². The third-order valence-electron chi connectivity index (χ3n) is 5.66. The maximum absolute atomic E-state index is 12.4. The van der Waals surface area contributed by atoms with Crippen molar-refractivity contribution in [1.29, 1.82) is 0 Å². The van der Waals surface area contributed by atoms with E-state index < -0.39 is 0 Å². The Morgan fingerprint density at radius 1 is 1.27 bits per heavy atom. The van der Waals surface area contributed by atoms with Crippen LogP contribution in [0.1, 0.15) is 42.7 Å². The summed E-state index contributed by atoms with van der Waals surface area (Å²) in [5.41, 5.74) is 2.68. The van der Waals surface area contributed by atoms with Crippen molar-refractivity contribution >= 4 is 5.91 Å². The molecule has 0 aromatic heterocycles. The van der Waals surface area contributed by atoms with Gasteiger partial charge in [0.2, 0.25) is 5.91 Å². The van der Waals surface area contributed by atoms with Crippen LogP contribution in [0.4, 0.5) is 0 Å². The SMILES string of the molecule is Cc1ccccc1[C@@H]1C[C@H]1C(=O)NC[C@H]1CCN(C2CC2)C1.